The molecule has 0 unspecified atom stereocenters. The molecule has 0 bridgehead atoms. The molecule has 6 heteroatoms. The molecule has 86 valence electrons. The fraction of sp³-hybridized carbons (Fsp3) is 0.500. The number of piperidine rings is 1. The number of hydrogen-bond acceptors (Lipinski definition) is 4. The van der Waals surface area contributed by atoms with Crippen molar-refractivity contribution in [1.29, 1.82) is 0 Å². The Morgan fingerprint density at radius 3 is 2.44 bits per heavy atom. The molecule has 0 aromatic carbocycles. The van der Waals surface area contributed by atoms with Crippen LogP contribution < -0.4 is 4.90 Å². The topological polar surface area (TPSA) is 66.3 Å². The highest BCUT2D eigenvalue weighted by Gasteiger charge is 2.25. The molecule has 1 aromatic rings. The van der Waals surface area contributed by atoms with E-state index in [1.165, 1.54) is 0 Å². The summed E-state index contributed by atoms with van der Waals surface area (Å²) >= 11 is 3.28. The van der Waals surface area contributed by atoms with Crippen LogP contribution in [0.15, 0.2) is 16.9 Å². The first kappa shape index (κ1) is 11.3. The summed E-state index contributed by atoms with van der Waals surface area (Å²) in [5, 5.41) is 8.88. The monoisotopic (exact) mass is 285 g/mol. The van der Waals surface area contributed by atoms with Gasteiger partial charge in [0, 0.05) is 25.5 Å². The normalized spacial score (nSPS) is 17.4. The maximum absolute atomic E-state index is 10.8. The third kappa shape index (κ3) is 2.49. The second-order valence-corrected chi connectivity index (χ2v) is 4.72. The lowest BCUT2D eigenvalue weighted by molar-refractivity contribution is -0.142. The van der Waals surface area contributed by atoms with Gasteiger partial charge in [-0.15, -0.1) is 0 Å². The van der Waals surface area contributed by atoms with E-state index in [-0.39, 0.29) is 5.92 Å². The first-order valence-electron chi connectivity index (χ1n) is 5.12. The summed E-state index contributed by atoms with van der Waals surface area (Å²) in [5.74, 6) is -0.241. The van der Waals surface area contributed by atoms with Crippen molar-refractivity contribution in [2.24, 2.45) is 5.92 Å². The zero-order chi connectivity index (χ0) is 11.5. The second-order valence-electron chi connectivity index (χ2n) is 3.80. The second kappa shape index (κ2) is 4.78. The van der Waals surface area contributed by atoms with Gasteiger partial charge in [0.15, 0.2) is 0 Å². The van der Waals surface area contributed by atoms with E-state index >= 15 is 0 Å². The van der Waals surface area contributed by atoms with E-state index < -0.39 is 5.97 Å². The van der Waals surface area contributed by atoms with Crippen LogP contribution in [0.2, 0.25) is 0 Å². The summed E-state index contributed by atoms with van der Waals surface area (Å²) < 4.78 is 0.844. The average Bonchev–Trinajstić information content (AvgIpc) is 2.30. The van der Waals surface area contributed by atoms with E-state index in [2.05, 4.69) is 25.9 Å². The van der Waals surface area contributed by atoms with E-state index in [1.807, 2.05) is 4.90 Å². The van der Waals surface area contributed by atoms with E-state index in [0.29, 0.717) is 31.9 Å². The minimum atomic E-state index is -0.698. The van der Waals surface area contributed by atoms with Crippen LogP contribution in [0, 0.1) is 5.92 Å². The molecule has 1 aliphatic heterocycles. The van der Waals surface area contributed by atoms with Gasteiger partial charge in [-0.05, 0) is 28.8 Å². The molecule has 16 heavy (non-hydrogen) atoms. The van der Waals surface area contributed by atoms with Gasteiger partial charge >= 0.3 is 5.97 Å². The number of anilines is 1. The quantitative estimate of drug-likeness (QED) is 0.893. The van der Waals surface area contributed by atoms with Crippen molar-refractivity contribution in [1.82, 2.24) is 9.97 Å². The van der Waals surface area contributed by atoms with Gasteiger partial charge in [0.1, 0.15) is 0 Å². The van der Waals surface area contributed by atoms with E-state index in [4.69, 9.17) is 5.11 Å². The standard InChI is InChI=1S/C10H12BrN3O2/c11-8-5-12-10(13-6-8)14-3-1-7(2-4-14)9(15)16/h5-7H,1-4H2,(H,15,16). The minimum absolute atomic E-state index is 0.216. The SMILES string of the molecule is O=C(O)C1CCN(c2ncc(Br)cn2)CC1. The number of carboxylic acids is 1. The Morgan fingerprint density at radius 1 is 1.38 bits per heavy atom. The molecule has 1 aromatic heterocycles. The minimum Gasteiger partial charge on any atom is -0.481 e. The lowest BCUT2D eigenvalue weighted by Crippen LogP contribution is -2.37. The number of aliphatic carboxylic acids is 1. The highest BCUT2D eigenvalue weighted by atomic mass is 79.9. The molecule has 0 spiro atoms. The van der Waals surface area contributed by atoms with E-state index in [0.717, 1.165) is 4.47 Å². The Bertz CT molecular complexity index is 374. The number of halogens is 1. The Hall–Kier alpha value is -1.17. The predicted molar refractivity (Wildman–Crippen MR) is 62.3 cm³/mol. The highest BCUT2D eigenvalue weighted by Crippen LogP contribution is 2.20. The van der Waals surface area contributed by atoms with E-state index in [1.54, 1.807) is 12.4 Å². The molecule has 0 amide bonds. The maximum atomic E-state index is 10.8. The maximum Gasteiger partial charge on any atom is 0.306 e. The molecule has 0 aliphatic carbocycles. The van der Waals surface area contributed by atoms with Gasteiger partial charge in [-0.2, -0.15) is 0 Å². The Morgan fingerprint density at radius 2 is 1.94 bits per heavy atom. The Kier molecular flexibility index (Phi) is 3.38. The molecular weight excluding hydrogens is 274 g/mol. The smallest absolute Gasteiger partial charge is 0.306 e. The summed E-state index contributed by atoms with van der Waals surface area (Å²) in [4.78, 5) is 21.2. The molecule has 1 N–H and O–H groups in total. The van der Waals surface area contributed by atoms with Crippen LogP contribution in [-0.2, 0) is 4.79 Å². The average molecular weight is 286 g/mol. The zero-order valence-corrected chi connectivity index (χ0v) is 10.2. The van der Waals surface area contributed by atoms with Crippen LogP contribution in [0.25, 0.3) is 0 Å². The number of hydrogen-bond donors (Lipinski definition) is 1. The fourth-order valence-electron chi connectivity index (χ4n) is 1.80. The predicted octanol–water partition coefficient (Wildman–Crippen LogP) is 1.54. The van der Waals surface area contributed by atoms with Gasteiger partial charge < -0.3 is 10.0 Å². The molecule has 1 saturated heterocycles. The van der Waals surface area contributed by atoms with Crippen molar-refractivity contribution in [3.63, 3.8) is 0 Å². The first-order valence-corrected chi connectivity index (χ1v) is 5.91. The van der Waals surface area contributed by atoms with Gasteiger partial charge in [0.25, 0.3) is 0 Å². The number of carbonyl (C=O) groups is 1. The number of rotatable bonds is 2. The Labute approximate surface area is 102 Å². The van der Waals surface area contributed by atoms with E-state index in [9.17, 15) is 4.79 Å². The number of carboxylic acid groups (broad SMARTS) is 1. The van der Waals surface area contributed by atoms with Crippen LogP contribution >= 0.6 is 15.9 Å². The molecule has 5 nitrogen and oxygen atoms in total. The molecule has 1 fully saturated rings. The largest absolute Gasteiger partial charge is 0.481 e. The van der Waals surface area contributed by atoms with Crippen LogP contribution in [0.4, 0.5) is 5.95 Å². The number of nitrogens with zero attached hydrogens (tertiary/aromatic N) is 3. The van der Waals surface area contributed by atoms with Gasteiger partial charge in [-0.25, -0.2) is 9.97 Å². The van der Waals surface area contributed by atoms with Crippen LogP contribution in [0.1, 0.15) is 12.8 Å². The van der Waals surface area contributed by atoms with Crippen molar-refractivity contribution in [3.05, 3.63) is 16.9 Å². The first-order chi connectivity index (χ1) is 7.66. The summed E-state index contributed by atoms with van der Waals surface area (Å²) in [5.41, 5.74) is 0. The summed E-state index contributed by atoms with van der Waals surface area (Å²) in [6.45, 7) is 1.41. The van der Waals surface area contributed by atoms with Gasteiger partial charge in [-0.1, -0.05) is 0 Å². The summed E-state index contributed by atoms with van der Waals surface area (Å²) in [7, 11) is 0. The van der Waals surface area contributed by atoms with Crippen LogP contribution in [-0.4, -0.2) is 34.1 Å². The fourth-order valence-corrected chi connectivity index (χ4v) is 2.00. The van der Waals surface area contributed by atoms with Gasteiger partial charge in [0.05, 0.1) is 10.4 Å². The molecule has 0 radical (unpaired) electrons. The lowest BCUT2D eigenvalue weighted by Gasteiger charge is -2.29. The molecule has 2 heterocycles. The molecule has 2 rings (SSSR count). The van der Waals surface area contributed by atoms with Crippen LogP contribution in [0.3, 0.4) is 0 Å². The highest BCUT2D eigenvalue weighted by molar-refractivity contribution is 9.10. The third-order valence-corrected chi connectivity index (χ3v) is 3.14. The summed E-state index contributed by atoms with van der Waals surface area (Å²) in [6.07, 6.45) is 4.72. The van der Waals surface area contributed by atoms with Crippen molar-refractivity contribution in [2.75, 3.05) is 18.0 Å². The van der Waals surface area contributed by atoms with Crippen molar-refractivity contribution < 1.29 is 9.90 Å². The lowest BCUT2D eigenvalue weighted by atomic mass is 9.97. The molecular formula is C10H12BrN3O2. The Balaban J connectivity index is 1.99. The molecule has 1 aliphatic rings. The summed E-state index contributed by atoms with van der Waals surface area (Å²) in [6, 6.07) is 0. The van der Waals surface area contributed by atoms with Crippen molar-refractivity contribution >= 4 is 27.8 Å². The zero-order valence-electron chi connectivity index (χ0n) is 8.64. The van der Waals surface area contributed by atoms with Crippen molar-refractivity contribution in [2.45, 2.75) is 12.8 Å². The number of aromatic nitrogens is 2. The van der Waals surface area contributed by atoms with Gasteiger partial charge in [-0.3, -0.25) is 4.79 Å². The van der Waals surface area contributed by atoms with Crippen LogP contribution in [0.5, 0.6) is 0 Å². The van der Waals surface area contributed by atoms with Gasteiger partial charge in [0.2, 0.25) is 5.95 Å². The molecule has 0 atom stereocenters. The van der Waals surface area contributed by atoms with Crippen molar-refractivity contribution in [3.8, 4) is 0 Å². The molecule has 0 saturated carbocycles. The third-order valence-electron chi connectivity index (χ3n) is 2.73.